The second-order valence-electron chi connectivity index (χ2n) is 3.42. The van der Waals surface area contributed by atoms with Crippen LogP contribution in [-0.2, 0) is 6.42 Å². The highest BCUT2D eigenvalue weighted by Gasteiger charge is 2.14. The van der Waals surface area contributed by atoms with Crippen molar-refractivity contribution in [3.05, 3.63) is 50.9 Å². The molecule has 0 fully saturated rings. The van der Waals surface area contributed by atoms with E-state index < -0.39 is 0 Å². The fourth-order valence-electron chi connectivity index (χ4n) is 1.54. The van der Waals surface area contributed by atoms with Crippen LogP contribution in [0.4, 0.5) is 0 Å². The fraction of sp³-hybridized carbons (Fsp3) is 0.182. The number of nitrogens with zero attached hydrogens (tertiary/aromatic N) is 1. The van der Waals surface area contributed by atoms with Crippen LogP contribution in [0.5, 0.6) is 0 Å². The van der Waals surface area contributed by atoms with Crippen LogP contribution in [0.1, 0.15) is 16.5 Å². The van der Waals surface area contributed by atoms with E-state index in [-0.39, 0.29) is 6.04 Å². The summed E-state index contributed by atoms with van der Waals surface area (Å²) in [6.45, 7) is 0. The first-order valence-electron chi connectivity index (χ1n) is 4.89. The molecule has 0 aliphatic rings. The minimum absolute atomic E-state index is 0.124. The number of hydrogen-bond acceptors (Lipinski definition) is 4. The molecule has 0 radical (unpaired) electrons. The molecule has 3 N–H and O–H groups in total. The lowest BCUT2D eigenvalue weighted by Gasteiger charge is -2.14. The Bertz CT molecular complexity index is 444. The number of rotatable bonds is 4. The lowest BCUT2D eigenvalue weighted by atomic mass is 10.1. The van der Waals surface area contributed by atoms with Crippen molar-refractivity contribution in [1.82, 2.24) is 10.4 Å². The summed E-state index contributed by atoms with van der Waals surface area (Å²) in [6.07, 6.45) is 4.48. The molecule has 2 aromatic rings. The molecule has 84 valence electrons. The van der Waals surface area contributed by atoms with E-state index in [0.717, 1.165) is 10.9 Å². The van der Waals surface area contributed by atoms with Gasteiger partial charge in [0, 0.05) is 21.7 Å². The van der Waals surface area contributed by atoms with Crippen LogP contribution in [0.25, 0.3) is 0 Å². The molecule has 0 saturated heterocycles. The van der Waals surface area contributed by atoms with Gasteiger partial charge in [-0.05, 0) is 45.4 Å². The van der Waals surface area contributed by atoms with E-state index in [1.54, 1.807) is 17.5 Å². The molecule has 1 unspecified atom stereocenters. The lowest BCUT2D eigenvalue weighted by Crippen LogP contribution is -2.29. The third-order valence-corrected chi connectivity index (χ3v) is 4.31. The molecule has 0 saturated carbocycles. The zero-order valence-electron chi connectivity index (χ0n) is 8.56. The molecule has 0 aliphatic carbocycles. The van der Waals surface area contributed by atoms with Crippen LogP contribution in [0.15, 0.2) is 40.4 Å². The highest BCUT2D eigenvalue weighted by atomic mass is 79.9. The van der Waals surface area contributed by atoms with Gasteiger partial charge < -0.3 is 0 Å². The average molecular weight is 298 g/mol. The van der Waals surface area contributed by atoms with Gasteiger partial charge in [-0.3, -0.25) is 16.3 Å². The molecule has 0 amide bonds. The predicted octanol–water partition coefficient (Wildman–Crippen LogP) is 2.65. The normalized spacial score (nSPS) is 12.6. The number of nitrogens with two attached hydrogens (primary N) is 1. The Labute approximate surface area is 107 Å². The van der Waals surface area contributed by atoms with Crippen molar-refractivity contribution in [3.63, 3.8) is 0 Å². The van der Waals surface area contributed by atoms with E-state index in [1.165, 1.54) is 10.4 Å². The van der Waals surface area contributed by atoms with Gasteiger partial charge in [0.1, 0.15) is 0 Å². The Kier molecular flexibility index (Phi) is 4.06. The maximum Gasteiger partial charge on any atom is 0.0605 e. The zero-order chi connectivity index (χ0) is 11.4. The topological polar surface area (TPSA) is 50.9 Å². The Balaban J connectivity index is 2.16. The molecular weight excluding hydrogens is 286 g/mol. The number of halogens is 1. The second-order valence-corrected chi connectivity index (χ2v) is 5.22. The monoisotopic (exact) mass is 297 g/mol. The van der Waals surface area contributed by atoms with Crippen molar-refractivity contribution in [2.45, 2.75) is 12.5 Å². The first kappa shape index (κ1) is 11.7. The van der Waals surface area contributed by atoms with Crippen molar-refractivity contribution >= 4 is 27.3 Å². The molecule has 2 heterocycles. The summed E-state index contributed by atoms with van der Waals surface area (Å²) in [5, 5.41) is 2.05. The summed E-state index contributed by atoms with van der Waals surface area (Å²) in [5.74, 6) is 5.60. The van der Waals surface area contributed by atoms with E-state index in [4.69, 9.17) is 5.84 Å². The number of hydrazine groups is 1. The summed E-state index contributed by atoms with van der Waals surface area (Å²) in [7, 11) is 0. The van der Waals surface area contributed by atoms with E-state index in [2.05, 4.69) is 32.4 Å². The average Bonchev–Trinajstić information content (AvgIpc) is 2.74. The van der Waals surface area contributed by atoms with Gasteiger partial charge in [-0.25, -0.2) is 0 Å². The second kappa shape index (κ2) is 5.54. The molecule has 0 bridgehead atoms. The minimum atomic E-state index is 0.124. The molecule has 3 nitrogen and oxygen atoms in total. The van der Waals surface area contributed by atoms with Gasteiger partial charge in [-0.2, -0.15) is 0 Å². The van der Waals surface area contributed by atoms with Crippen molar-refractivity contribution in [3.8, 4) is 0 Å². The molecule has 5 heteroatoms. The van der Waals surface area contributed by atoms with E-state index >= 15 is 0 Å². The Hall–Kier alpha value is -0.750. The van der Waals surface area contributed by atoms with Crippen molar-refractivity contribution in [1.29, 1.82) is 0 Å². The fourth-order valence-corrected chi connectivity index (χ4v) is 3.25. The van der Waals surface area contributed by atoms with Crippen LogP contribution in [-0.4, -0.2) is 4.98 Å². The van der Waals surface area contributed by atoms with Gasteiger partial charge >= 0.3 is 0 Å². The Morgan fingerprint density at radius 2 is 2.38 bits per heavy atom. The molecule has 0 aromatic carbocycles. The highest BCUT2D eigenvalue weighted by molar-refractivity contribution is 9.10. The maximum absolute atomic E-state index is 5.60. The van der Waals surface area contributed by atoms with Gasteiger partial charge in [0.2, 0.25) is 0 Å². The largest absolute Gasteiger partial charge is 0.271 e. The van der Waals surface area contributed by atoms with Crippen LogP contribution in [0.2, 0.25) is 0 Å². The lowest BCUT2D eigenvalue weighted by molar-refractivity contribution is 0.558. The van der Waals surface area contributed by atoms with Gasteiger partial charge in [-0.1, -0.05) is 6.07 Å². The molecule has 0 aliphatic heterocycles. The van der Waals surface area contributed by atoms with Crippen LogP contribution < -0.4 is 11.3 Å². The first-order chi connectivity index (χ1) is 7.81. The zero-order valence-corrected chi connectivity index (χ0v) is 11.0. The molecule has 2 rings (SSSR count). The first-order valence-corrected chi connectivity index (χ1v) is 6.56. The summed E-state index contributed by atoms with van der Waals surface area (Å²) in [6, 6.07) is 6.15. The third kappa shape index (κ3) is 2.68. The van der Waals surface area contributed by atoms with Crippen molar-refractivity contribution < 1.29 is 0 Å². The van der Waals surface area contributed by atoms with Crippen molar-refractivity contribution in [2.75, 3.05) is 0 Å². The molecule has 2 aromatic heterocycles. The van der Waals surface area contributed by atoms with Crippen LogP contribution in [0.3, 0.4) is 0 Å². The summed E-state index contributed by atoms with van der Waals surface area (Å²) >= 11 is 5.21. The number of hydrogen-bond donors (Lipinski definition) is 2. The van der Waals surface area contributed by atoms with E-state index in [1.807, 2.05) is 23.7 Å². The number of nitrogens with one attached hydrogen (secondary N) is 1. The maximum atomic E-state index is 5.60. The molecule has 0 spiro atoms. The minimum Gasteiger partial charge on any atom is -0.271 e. The SMILES string of the molecule is NNC(Cc1cccnc1)c1sccc1Br. The molecule has 1 atom stereocenters. The molecule has 16 heavy (non-hydrogen) atoms. The predicted molar refractivity (Wildman–Crippen MR) is 70.0 cm³/mol. The highest BCUT2D eigenvalue weighted by Crippen LogP contribution is 2.30. The Morgan fingerprint density at radius 1 is 1.50 bits per heavy atom. The van der Waals surface area contributed by atoms with Crippen LogP contribution >= 0.6 is 27.3 Å². The van der Waals surface area contributed by atoms with Gasteiger partial charge in [-0.15, -0.1) is 11.3 Å². The third-order valence-electron chi connectivity index (χ3n) is 2.33. The van der Waals surface area contributed by atoms with Gasteiger partial charge in [0.25, 0.3) is 0 Å². The van der Waals surface area contributed by atoms with Gasteiger partial charge in [0.15, 0.2) is 0 Å². The molecular formula is C11H12BrN3S. The standard InChI is InChI=1S/C11H12BrN3S/c12-9-3-5-16-11(9)10(15-13)6-8-2-1-4-14-7-8/h1-5,7,10,15H,6,13H2. The summed E-state index contributed by atoms with van der Waals surface area (Å²) < 4.78 is 1.10. The van der Waals surface area contributed by atoms with E-state index in [0.29, 0.717) is 0 Å². The smallest absolute Gasteiger partial charge is 0.0605 e. The quantitative estimate of drug-likeness (QED) is 0.674. The van der Waals surface area contributed by atoms with E-state index in [9.17, 15) is 0 Å². The summed E-state index contributed by atoms with van der Waals surface area (Å²) in [4.78, 5) is 5.31. The Morgan fingerprint density at radius 3 is 2.94 bits per heavy atom. The number of aromatic nitrogens is 1. The van der Waals surface area contributed by atoms with Crippen molar-refractivity contribution in [2.24, 2.45) is 5.84 Å². The van der Waals surface area contributed by atoms with Gasteiger partial charge in [0.05, 0.1) is 6.04 Å². The summed E-state index contributed by atoms with van der Waals surface area (Å²) in [5.41, 5.74) is 4.02. The number of pyridine rings is 1. The number of thiophene rings is 1. The van der Waals surface area contributed by atoms with Crippen LogP contribution in [0, 0.1) is 0 Å².